The fourth-order valence-electron chi connectivity index (χ4n) is 4.19. The van der Waals surface area contributed by atoms with Crippen molar-refractivity contribution in [2.24, 2.45) is 5.92 Å². The van der Waals surface area contributed by atoms with E-state index in [4.69, 9.17) is 29.3 Å². The van der Waals surface area contributed by atoms with Crippen LogP contribution in [0.4, 0.5) is 0 Å². The predicted molar refractivity (Wildman–Crippen MR) is 118 cm³/mol. The molecule has 9 heteroatoms. The summed E-state index contributed by atoms with van der Waals surface area (Å²) in [5.74, 6) is -0.774. The highest BCUT2D eigenvalue weighted by Gasteiger charge is 2.23. The summed E-state index contributed by atoms with van der Waals surface area (Å²) >= 11 is 0. The van der Waals surface area contributed by atoms with Crippen LogP contribution in [0.2, 0.25) is 0 Å². The second-order valence-electron chi connectivity index (χ2n) is 8.13. The molecule has 3 rings (SSSR count). The SMILES string of the molecule is COc1ccc(OC)c(CN2CCN(C(=O)CCC3CCCC3)CC2)c1.O=C(O)C(=O)O. The van der Waals surface area contributed by atoms with Crippen LogP contribution in [-0.2, 0) is 20.9 Å². The topological polar surface area (TPSA) is 117 Å². The van der Waals surface area contributed by atoms with Gasteiger partial charge in [-0.3, -0.25) is 9.69 Å². The fourth-order valence-corrected chi connectivity index (χ4v) is 4.19. The van der Waals surface area contributed by atoms with Crippen molar-refractivity contribution in [2.75, 3.05) is 40.4 Å². The molecular weight excluding hydrogens is 416 g/mol. The number of carboxylic acid groups (broad SMARTS) is 2. The molecule has 0 radical (unpaired) electrons. The van der Waals surface area contributed by atoms with Crippen molar-refractivity contribution in [1.82, 2.24) is 9.80 Å². The molecule has 9 nitrogen and oxygen atoms in total. The van der Waals surface area contributed by atoms with E-state index in [-0.39, 0.29) is 0 Å². The van der Waals surface area contributed by atoms with Gasteiger partial charge in [0.15, 0.2) is 0 Å². The Kier molecular flexibility index (Phi) is 10.3. The maximum atomic E-state index is 12.5. The summed E-state index contributed by atoms with van der Waals surface area (Å²) in [6.07, 6.45) is 7.16. The molecule has 32 heavy (non-hydrogen) atoms. The highest BCUT2D eigenvalue weighted by atomic mass is 16.5. The summed E-state index contributed by atoms with van der Waals surface area (Å²) in [6, 6.07) is 5.91. The number of carboxylic acids is 2. The van der Waals surface area contributed by atoms with Gasteiger partial charge in [-0.05, 0) is 30.5 Å². The Morgan fingerprint density at radius 1 is 0.969 bits per heavy atom. The van der Waals surface area contributed by atoms with Gasteiger partial charge in [0.1, 0.15) is 11.5 Å². The highest BCUT2D eigenvalue weighted by Crippen LogP contribution is 2.29. The van der Waals surface area contributed by atoms with E-state index in [0.717, 1.165) is 68.5 Å². The molecule has 2 N–H and O–H groups in total. The van der Waals surface area contributed by atoms with Gasteiger partial charge in [-0.1, -0.05) is 25.7 Å². The van der Waals surface area contributed by atoms with E-state index in [1.807, 2.05) is 23.1 Å². The number of nitrogens with zero attached hydrogens (tertiary/aromatic N) is 2. The third-order valence-corrected chi connectivity index (χ3v) is 6.03. The molecule has 1 aromatic carbocycles. The van der Waals surface area contributed by atoms with E-state index in [9.17, 15) is 4.79 Å². The van der Waals surface area contributed by atoms with Crippen molar-refractivity contribution in [3.05, 3.63) is 23.8 Å². The first-order valence-corrected chi connectivity index (χ1v) is 11.0. The van der Waals surface area contributed by atoms with Crippen molar-refractivity contribution in [3.63, 3.8) is 0 Å². The largest absolute Gasteiger partial charge is 0.497 e. The molecule has 0 spiro atoms. The lowest BCUT2D eigenvalue weighted by Crippen LogP contribution is -2.48. The van der Waals surface area contributed by atoms with Gasteiger partial charge in [-0.25, -0.2) is 9.59 Å². The van der Waals surface area contributed by atoms with E-state index in [1.165, 1.54) is 25.7 Å². The van der Waals surface area contributed by atoms with Gasteiger partial charge >= 0.3 is 11.9 Å². The number of benzene rings is 1. The zero-order chi connectivity index (χ0) is 23.5. The lowest BCUT2D eigenvalue weighted by Gasteiger charge is -2.35. The number of hydrogen-bond donors (Lipinski definition) is 2. The Hall–Kier alpha value is -2.81. The molecule has 0 bridgehead atoms. The summed E-state index contributed by atoms with van der Waals surface area (Å²) in [4.78, 5) is 35.1. The number of carbonyl (C=O) groups excluding carboxylic acids is 1. The second-order valence-corrected chi connectivity index (χ2v) is 8.13. The molecular formula is C23H34N2O7. The van der Waals surface area contributed by atoms with Crippen LogP contribution >= 0.6 is 0 Å². The van der Waals surface area contributed by atoms with Gasteiger partial charge in [0.2, 0.25) is 5.91 Å². The molecule has 0 atom stereocenters. The van der Waals surface area contributed by atoms with Crippen LogP contribution < -0.4 is 9.47 Å². The third-order valence-electron chi connectivity index (χ3n) is 6.03. The van der Waals surface area contributed by atoms with Gasteiger partial charge < -0.3 is 24.6 Å². The Morgan fingerprint density at radius 2 is 1.59 bits per heavy atom. The first-order valence-electron chi connectivity index (χ1n) is 11.0. The van der Waals surface area contributed by atoms with Gasteiger partial charge in [0.05, 0.1) is 14.2 Å². The average molecular weight is 451 g/mol. The van der Waals surface area contributed by atoms with Gasteiger partial charge in [0.25, 0.3) is 0 Å². The van der Waals surface area contributed by atoms with Crippen LogP contribution in [-0.4, -0.2) is 78.3 Å². The molecule has 178 valence electrons. The minimum Gasteiger partial charge on any atom is -0.497 e. The zero-order valence-electron chi connectivity index (χ0n) is 18.9. The Morgan fingerprint density at radius 3 is 2.12 bits per heavy atom. The molecule has 1 saturated heterocycles. The maximum absolute atomic E-state index is 12.5. The maximum Gasteiger partial charge on any atom is 0.414 e. The Bertz CT molecular complexity index is 758. The van der Waals surface area contributed by atoms with Crippen molar-refractivity contribution >= 4 is 17.8 Å². The number of ether oxygens (including phenoxy) is 2. The molecule has 1 amide bonds. The molecule has 0 unspecified atom stereocenters. The van der Waals surface area contributed by atoms with E-state index in [0.29, 0.717) is 5.91 Å². The summed E-state index contributed by atoms with van der Waals surface area (Å²) in [5, 5.41) is 14.8. The monoisotopic (exact) mass is 450 g/mol. The normalized spacial score (nSPS) is 16.8. The molecule has 1 aromatic rings. The van der Waals surface area contributed by atoms with Crippen molar-refractivity contribution in [1.29, 1.82) is 0 Å². The van der Waals surface area contributed by atoms with Crippen LogP contribution in [0, 0.1) is 5.92 Å². The van der Waals surface area contributed by atoms with Gasteiger partial charge in [-0.15, -0.1) is 0 Å². The van der Waals surface area contributed by atoms with E-state index >= 15 is 0 Å². The fraction of sp³-hybridized carbons (Fsp3) is 0.609. The lowest BCUT2D eigenvalue weighted by molar-refractivity contribution is -0.159. The third kappa shape index (κ3) is 8.03. The van der Waals surface area contributed by atoms with Crippen molar-refractivity contribution in [3.8, 4) is 11.5 Å². The summed E-state index contributed by atoms with van der Waals surface area (Å²) < 4.78 is 10.8. The van der Waals surface area contributed by atoms with Crippen LogP contribution in [0.5, 0.6) is 11.5 Å². The number of aliphatic carboxylic acids is 2. The number of hydrogen-bond acceptors (Lipinski definition) is 6. The lowest BCUT2D eigenvalue weighted by atomic mass is 10.0. The zero-order valence-corrected chi connectivity index (χ0v) is 18.9. The Balaban J connectivity index is 0.000000534. The molecule has 1 heterocycles. The summed E-state index contributed by atoms with van der Waals surface area (Å²) in [6.45, 7) is 4.31. The highest BCUT2D eigenvalue weighted by molar-refractivity contribution is 6.27. The standard InChI is InChI=1S/C21H32N2O3.C2H2O4/c1-25-19-8-9-20(26-2)18(15-19)16-22-11-13-23(14-12-22)21(24)10-7-17-5-3-4-6-17;3-1(4)2(5)6/h8-9,15,17H,3-7,10-14,16H2,1-2H3;(H,3,4)(H,5,6). The number of methoxy groups -OCH3 is 2. The molecule has 1 saturated carbocycles. The molecule has 2 fully saturated rings. The van der Waals surface area contributed by atoms with Crippen LogP contribution in [0.1, 0.15) is 44.1 Å². The van der Waals surface area contributed by atoms with Crippen LogP contribution in [0.25, 0.3) is 0 Å². The molecule has 0 aromatic heterocycles. The van der Waals surface area contributed by atoms with E-state index in [1.54, 1.807) is 14.2 Å². The van der Waals surface area contributed by atoms with Crippen molar-refractivity contribution < 1.29 is 34.1 Å². The summed E-state index contributed by atoms with van der Waals surface area (Å²) in [5.41, 5.74) is 1.13. The van der Waals surface area contributed by atoms with Crippen molar-refractivity contribution in [2.45, 2.75) is 45.1 Å². The quantitative estimate of drug-likeness (QED) is 0.609. The summed E-state index contributed by atoms with van der Waals surface area (Å²) in [7, 11) is 3.38. The molecule has 1 aliphatic heterocycles. The Labute approximate surface area is 188 Å². The minimum atomic E-state index is -1.82. The van der Waals surface area contributed by atoms with Gasteiger partial charge in [0, 0.05) is 44.7 Å². The van der Waals surface area contributed by atoms with Crippen LogP contribution in [0.15, 0.2) is 18.2 Å². The molecule has 1 aliphatic carbocycles. The van der Waals surface area contributed by atoms with E-state index < -0.39 is 11.9 Å². The molecule has 2 aliphatic rings. The second kappa shape index (κ2) is 12.9. The van der Waals surface area contributed by atoms with E-state index in [2.05, 4.69) is 4.90 Å². The predicted octanol–water partition coefficient (Wildman–Crippen LogP) is 2.47. The number of rotatable bonds is 7. The number of piperazine rings is 1. The number of carbonyl (C=O) groups is 3. The van der Waals surface area contributed by atoms with Gasteiger partial charge in [-0.2, -0.15) is 0 Å². The average Bonchev–Trinajstić information content (AvgIpc) is 3.32. The minimum absolute atomic E-state index is 0.343. The first kappa shape index (κ1) is 25.5. The smallest absolute Gasteiger partial charge is 0.414 e. The van der Waals surface area contributed by atoms with Crippen LogP contribution in [0.3, 0.4) is 0 Å². The number of amides is 1. The first-order chi connectivity index (χ1) is 15.3.